The van der Waals surface area contributed by atoms with Gasteiger partial charge in [-0.3, -0.25) is 4.79 Å². The molecule has 0 unspecified atom stereocenters. The topological polar surface area (TPSA) is 244 Å². The Bertz CT molecular complexity index is 1320. The number of rotatable bonds is 28. The Kier molecular flexibility index (Phi) is 23.1. The number of amides is 2. The summed E-state index contributed by atoms with van der Waals surface area (Å²) in [4.78, 5) is 96.7. The quantitative estimate of drug-likeness (QED) is 0.0379. The Morgan fingerprint density at radius 1 is 0.473 bits per heavy atom. The van der Waals surface area contributed by atoms with E-state index in [0.29, 0.717) is 6.42 Å². The number of hydrogen-bond acceptors (Lipinski definition) is 17. The highest BCUT2D eigenvalue weighted by Gasteiger charge is 2.40. The van der Waals surface area contributed by atoms with Gasteiger partial charge in [0.15, 0.2) is 0 Å². The molecule has 2 N–H and O–H groups in total. The molecular formula is C36H50N2O17. The molecule has 19 nitrogen and oxygen atoms in total. The molecule has 0 saturated heterocycles. The molecule has 0 bridgehead atoms. The summed E-state index contributed by atoms with van der Waals surface area (Å²) >= 11 is 0. The molecule has 0 aromatic carbocycles. The molecular weight excluding hydrogens is 732 g/mol. The largest absolute Gasteiger partial charge is 0.462 e. The predicted molar refractivity (Wildman–Crippen MR) is 190 cm³/mol. The maximum atomic E-state index is 12.6. The van der Waals surface area contributed by atoms with Gasteiger partial charge in [-0.2, -0.15) is 0 Å². The van der Waals surface area contributed by atoms with E-state index < -0.39 is 124 Å². The predicted octanol–water partition coefficient (Wildman–Crippen LogP) is 2.01. The lowest BCUT2D eigenvalue weighted by Gasteiger charge is -2.35. The summed E-state index contributed by atoms with van der Waals surface area (Å²) in [5.41, 5.74) is -3.94. The van der Waals surface area contributed by atoms with Crippen LogP contribution in [0.5, 0.6) is 0 Å². The van der Waals surface area contributed by atoms with Crippen LogP contribution in [-0.4, -0.2) is 121 Å². The molecule has 0 atom stereocenters. The van der Waals surface area contributed by atoms with Crippen molar-refractivity contribution >= 4 is 48.0 Å². The number of nitrogens with one attached hydrogen (secondary N) is 2. The van der Waals surface area contributed by atoms with Crippen molar-refractivity contribution in [3.8, 4) is 0 Å². The van der Waals surface area contributed by atoms with E-state index in [9.17, 15) is 38.4 Å². The molecule has 0 fully saturated rings. The van der Waals surface area contributed by atoms with Crippen LogP contribution in [0.25, 0.3) is 0 Å². The second kappa shape index (κ2) is 25.9. The number of esters is 6. The minimum atomic E-state index is -1.66. The molecule has 0 aromatic rings. The van der Waals surface area contributed by atoms with E-state index in [2.05, 4.69) is 43.5 Å². The second-order valence-electron chi connectivity index (χ2n) is 12.2. The van der Waals surface area contributed by atoms with Gasteiger partial charge in [-0.15, -0.1) is 0 Å². The minimum Gasteiger partial charge on any atom is -0.462 e. The first kappa shape index (κ1) is 49.0. The van der Waals surface area contributed by atoms with Crippen molar-refractivity contribution in [3.05, 3.63) is 63.3 Å². The average Bonchev–Trinajstić information content (AvgIpc) is 3.18. The van der Waals surface area contributed by atoms with Gasteiger partial charge in [0.05, 0.1) is 36.1 Å². The van der Waals surface area contributed by atoms with Gasteiger partial charge < -0.3 is 53.3 Å². The van der Waals surface area contributed by atoms with E-state index in [-0.39, 0.29) is 13.2 Å². The Balaban J connectivity index is 5.99. The van der Waals surface area contributed by atoms with Crippen molar-refractivity contribution < 1.29 is 81.0 Å². The fourth-order valence-corrected chi connectivity index (χ4v) is 3.52. The summed E-state index contributed by atoms with van der Waals surface area (Å²) in [5, 5.41) is 4.47. The van der Waals surface area contributed by atoms with Crippen LogP contribution in [0.3, 0.4) is 0 Å². The first-order valence-corrected chi connectivity index (χ1v) is 16.5. The van der Waals surface area contributed by atoms with Crippen LogP contribution in [0.4, 0.5) is 9.59 Å². The van der Waals surface area contributed by atoms with Crippen LogP contribution in [0.1, 0.15) is 27.2 Å². The molecule has 0 aliphatic heterocycles. The monoisotopic (exact) mass is 782 g/mol. The molecule has 0 aliphatic rings. The minimum absolute atomic E-state index is 0.191. The lowest BCUT2D eigenvalue weighted by atomic mass is 9.90. The third kappa shape index (κ3) is 20.7. The van der Waals surface area contributed by atoms with Crippen molar-refractivity contribution in [1.82, 2.24) is 10.6 Å². The highest BCUT2D eigenvalue weighted by atomic mass is 16.6. The lowest BCUT2D eigenvalue weighted by molar-refractivity contribution is -0.167. The van der Waals surface area contributed by atoms with Crippen molar-refractivity contribution in [3.63, 3.8) is 0 Å². The standard InChI is InChI=1S/C36H50N2O17/c1-9-26(39)50-19-35(20-51-27(40)10-2,21-52-28(41)11-3)17-47-18-36(22-53-29(42)12-4,23-54-30(43)13-5)24-55-33(46)38-25-37-32(45)49-16-15-48-31(44)34(7,8)14-6/h9-13H,1-5,14-25H2,6-8H3,(H,37,45)(H,38,46). The molecule has 0 saturated carbocycles. The first-order valence-electron chi connectivity index (χ1n) is 16.5. The Morgan fingerprint density at radius 3 is 1.11 bits per heavy atom. The highest BCUT2D eigenvalue weighted by molar-refractivity contribution is 5.83. The summed E-state index contributed by atoms with van der Waals surface area (Å²) in [6.07, 6.45) is 2.75. The normalized spacial score (nSPS) is 10.9. The summed E-state index contributed by atoms with van der Waals surface area (Å²) < 4.78 is 47.1. The maximum Gasteiger partial charge on any atom is 0.408 e. The van der Waals surface area contributed by atoms with Crippen LogP contribution in [-0.2, 0) is 71.4 Å². The lowest BCUT2D eigenvalue weighted by Crippen LogP contribution is -2.47. The molecule has 55 heavy (non-hydrogen) atoms. The highest BCUT2D eigenvalue weighted by Crippen LogP contribution is 2.26. The van der Waals surface area contributed by atoms with Gasteiger partial charge in [0.2, 0.25) is 0 Å². The van der Waals surface area contributed by atoms with Crippen molar-refractivity contribution in [2.45, 2.75) is 27.2 Å². The molecule has 0 rings (SSSR count). The van der Waals surface area contributed by atoms with Gasteiger partial charge in [0, 0.05) is 30.4 Å². The Hall–Kier alpha value is -5.98. The molecule has 0 aliphatic carbocycles. The van der Waals surface area contributed by atoms with Gasteiger partial charge in [-0.25, -0.2) is 33.6 Å². The number of alkyl carbamates (subject to hydrolysis) is 2. The average molecular weight is 783 g/mol. The summed E-state index contributed by atoms with van der Waals surface area (Å²) in [6, 6.07) is 0. The first-order chi connectivity index (χ1) is 26.0. The van der Waals surface area contributed by atoms with Crippen molar-refractivity contribution in [2.24, 2.45) is 16.2 Å². The third-order valence-corrected chi connectivity index (χ3v) is 7.21. The molecule has 0 radical (unpaired) electrons. The fourth-order valence-electron chi connectivity index (χ4n) is 3.52. The fraction of sp³-hybridized carbons (Fsp3) is 0.500. The maximum absolute atomic E-state index is 12.6. The van der Waals surface area contributed by atoms with Gasteiger partial charge in [0.1, 0.15) is 52.9 Å². The summed E-state index contributed by atoms with van der Waals surface area (Å²) in [5.74, 6) is -4.91. The second-order valence-corrected chi connectivity index (χ2v) is 12.2. The molecule has 0 spiro atoms. The Morgan fingerprint density at radius 2 is 0.782 bits per heavy atom. The molecule has 306 valence electrons. The zero-order valence-corrected chi connectivity index (χ0v) is 31.3. The van der Waals surface area contributed by atoms with E-state index in [1.165, 1.54) is 0 Å². The van der Waals surface area contributed by atoms with E-state index in [0.717, 1.165) is 30.4 Å². The van der Waals surface area contributed by atoms with Crippen LogP contribution in [0, 0.1) is 16.2 Å². The molecule has 0 heterocycles. The van der Waals surface area contributed by atoms with Crippen LogP contribution < -0.4 is 10.6 Å². The smallest absolute Gasteiger partial charge is 0.408 e. The van der Waals surface area contributed by atoms with Gasteiger partial charge in [-0.05, 0) is 20.3 Å². The number of carbonyl (C=O) groups excluding carboxylic acids is 8. The molecule has 0 aromatic heterocycles. The van der Waals surface area contributed by atoms with Gasteiger partial charge in [-0.1, -0.05) is 39.8 Å². The number of carbonyl (C=O) groups is 8. The summed E-state index contributed by atoms with van der Waals surface area (Å²) in [7, 11) is 0. The van der Waals surface area contributed by atoms with Crippen LogP contribution >= 0.6 is 0 Å². The zero-order chi connectivity index (χ0) is 41.9. The zero-order valence-electron chi connectivity index (χ0n) is 31.3. The Labute approximate surface area is 318 Å². The molecule has 2 amide bonds. The van der Waals surface area contributed by atoms with Gasteiger partial charge >= 0.3 is 48.0 Å². The molecule has 19 heteroatoms. The third-order valence-electron chi connectivity index (χ3n) is 7.21. The van der Waals surface area contributed by atoms with E-state index in [1.54, 1.807) is 13.8 Å². The van der Waals surface area contributed by atoms with E-state index >= 15 is 0 Å². The van der Waals surface area contributed by atoms with Crippen LogP contribution in [0.2, 0.25) is 0 Å². The van der Waals surface area contributed by atoms with Crippen molar-refractivity contribution in [2.75, 3.05) is 72.7 Å². The van der Waals surface area contributed by atoms with Crippen molar-refractivity contribution in [1.29, 1.82) is 0 Å². The number of ether oxygens (including phenoxy) is 9. The van der Waals surface area contributed by atoms with Crippen LogP contribution in [0.15, 0.2) is 63.3 Å². The summed E-state index contributed by atoms with van der Waals surface area (Å²) in [6.45, 7) is 16.3. The van der Waals surface area contributed by atoms with E-state index in [4.69, 9.17) is 42.6 Å². The number of hydrogen-bond donors (Lipinski definition) is 2. The van der Waals surface area contributed by atoms with Gasteiger partial charge in [0.25, 0.3) is 0 Å². The van der Waals surface area contributed by atoms with E-state index in [1.807, 2.05) is 6.92 Å². The SMILES string of the molecule is C=CC(=O)OCC(COCC(COC(=O)C=C)(COC(=O)C=C)COC(=O)NCNC(=O)OCCOC(=O)C(C)(C)CC)(COC(=O)C=C)COC(=O)C=C.